The van der Waals surface area contributed by atoms with Crippen LogP contribution in [0.3, 0.4) is 0 Å². The average Bonchev–Trinajstić information content (AvgIpc) is 2.95. The molecule has 2 aliphatic heterocycles. The molecule has 0 unspecified atom stereocenters. The van der Waals surface area contributed by atoms with Crippen LogP contribution in [0.2, 0.25) is 0 Å². The lowest BCUT2D eigenvalue weighted by molar-refractivity contribution is -0.130. The fourth-order valence-electron chi connectivity index (χ4n) is 4.15. The van der Waals surface area contributed by atoms with Gasteiger partial charge in [-0.2, -0.15) is 4.39 Å². The van der Waals surface area contributed by atoms with Crippen LogP contribution in [-0.2, 0) is 11.2 Å². The number of benzene rings is 1. The summed E-state index contributed by atoms with van der Waals surface area (Å²) in [6.45, 7) is 5.03. The van der Waals surface area contributed by atoms with E-state index >= 15 is 0 Å². The molecule has 0 saturated heterocycles. The predicted octanol–water partition coefficient (Wildman–Crippen LogP) is 2.14. The molecule has 0 saturated carbocycles. The normalized spacial score (nSPS) is 16.9. The number of hydrogen-bond acceptors (Lipinski definition) is 6. The molecule has 5 N–H and O–H groups in total. The van der Waals surface area contributed by atoms with Gasteiger partial charge in [-0.1, -0.05) is 12.1 Å². The number of amides is 2. The lowest BCUT2D eigenvalue weighted by atomic mass is 9.94. The number of carbonyl (C=O) groups is 2. The molecule has 33 heavy (non-hydrogen) atoms. The SMILES string of the molecule is CC(C)N1CCC(/C=C(\N)c2cc(-c3ccc4c(c3)CCNC4=O)c(N)nc2F)=NCC1=O. The van der Waals surface area contributed by atoms with Crippen molar-refractivity contribution in [3.63, 3.8) is 0 Å². The number of nitrogens with two attached hydrogens (primary N) is 2. The molecule has 0 fully saturated rings. The number of hydrogen-bond donors (Lipinski definition) is 3. The Morgan fingerprint density at radius 2 is 2.00 bits per heavy atom. The van der Waals surface area contributed by atoms with Crippen molar-refractivity contribution in [2.75, 3.05) is 25.4 Å². The Bertz CT molecular complexity index is 1190. The topological polar surface area (TPSA) is 127 Å². The molecule has 0 atom stereocenters. The second kappa shape index (κ2) is 9.01. The summed E-state index contributed by atoms with van der Waals surface area (Å²) < 4.78 is 14.7. The van der Waals surface area contributed by atoms with Gasteiger partial charge in [0.2, 0.25) is 11.9 Å². The first-order chi connectivity index (χ1) is 15.7. The highest BCUT2D eigenvalue weighted by Crippen LogP contribution is 2.31. The third-order valence-electron chi connectivity index (χ3n) is 5.95. The van der Waals surface area contributed by atoms with Crippen LogP contribution in [-0.4, -0.2) is 53.1 Å². The van der Waals surface area contributed by atoms with Gasteiger partial charge in [-0.05, 0) is 49.6 Å². The zero-order chi connectivity index (χ0) is 23.7. The number of allylic oxidation sites excluding steroid dienone is 1. The Morgan fingerprint density at radius 3 is 2.76 bits per heavy atom. The molecule has 172 valence electrons. The van der Waals surface area contributed by atoms with Gasteiger partial charge in [-0.3, -0.25) is 14.6 Å². The summed E-state index contributed by atoms with van der Waals surface area (Å²) in [7, 11) is 0. The molecule has 3 heterocycles. The van der Waals surface area contributed by atoms with Crippen LogP contribution in [0, 0.1) is 5.95 Å². The van der Waals surface area contributed by atoms with Gasteiger partial charge in [0.15, 0.2) is 0 Å². The Kier molecular flexibility index (Phi) is 6.13. The van der Waals surface area contributed by atoms with Crippen LogP contribution in [0.15, 0.2) is 35.3 Å². The van der Waals surface area contributed by atoms with E-state index in [9.17, 15) is 14.0 Å². The van der Waals surface area contributed by atoms with Crippen molar-refractivity contribution in [1.29, 1.82) is 0 Å². The minimum atomic E-state index is -0.781. The Hall–Kier alpha value is -3.75. The van der Waals surface area contributed by atoms with Crippen LogP contribution in [0.4, 0.5) is 10.2 Å². The summed E-state index contributed by atoms with van der Waals surface area (Å²) in [5.41, 5.74) is 15.9. The van der Waals surface area contributed by atoms with Crippen molar-refractivity contribution in [2.24, 2.45) is 10.7 Å². The van der Waals surface area contributed by atoms with Gasteiger partial charge in [-0.25, -0.2) is 4.98 Å². The van der Waals surface area contributed by atoms with Crippen molar-refractivity contribution in [2.45, 2.75) is 32.7 Å². The number of pyridine rings is 1. The van der Waals surface area contributed by atoms with Gasteiger partial charge in [0, 0.05) is 48.1 Å². The second-order valence-corrected chi connectivity index (χ2v) is 8.48. The number of nitrogens with one attached hydrogen (secondary N) is 1. The monoisotopic (exact) mass is 450 g/mol. The number of nitrogen functional groups attached to an aromatic ring is 1. The minimum absolute atomic E-state index is 0.0354. The van der Waals surface area contributed by atoms with E-state index in [1.54, 1.807) is 29.2 Å². The summed E-state index contributed by atoms with van der Waals surface area (Å²) >= 11 is 0. The zero-order valence-corrected chi connectivity index (χ0v) is 18.7. The van der Waals surface area contributed by atoms with Crippen molar-refractivity contribution in [1.82, 2.24) is 15.2 Å². The van der Waals surface area contributed by atoms with E-state index in [-0.39, 0.29) is 41.5 Å². The molecular weight excluding hydrogens is 423 g/mol. The van der Waals surface area contributed by atoms with Gasteiger partial charge in [0.05, 0.1) is 5.56 Å². The summed E-state index contributed by atoms with van der Waals surface area (Å²) in [5, 5.41) is 2.81. The first-order valence-corrected chi connectivity index (χ1v) is 10.9. The van der Waals surface area contributed by atoms with Crippen molar-refractivity contribution in [3.8, 4) is 11.1 Å². The maximum Gasteiger partial charge on any atom is 0.251 e. The number of aromatic nitrogens is 1. The van der Waals surface area contributed by atoms with Crippen LogP contribution < -0.4 is 16.8 Å². The van der Waals surface area contributed by atoms with Crippen molar-refractivity contribution < 1.29 is 14.0 Å². The fraction of sp³-hybridized carbons (Fsp3) is 0.333. The lowest BCUT2D eigenvalue weighted by Gasteiger charge is -2.24. The largest absolute Gasteiger partial charge is 0.398 e. The molecule has 0 radical (unpaired) electrons. The van der Waals surface area contributed by atoms with Crippen LogP contribution in [0.25, 0.3) is 16.8 Å². The number of halogens is 1. The second-order valence-electron chi connectivity index (χ2n) is 8.48. The zero-order valence-electron chi connectivity index (χ0n) is 18.7. The van der Waals surface area contributed by atoms with Gasteiger partial charge >= 0.3 is 0 Å². The summed E-state index contributed by atoms with van der Waals surface area (Å²) in [5.74, 6) is -0.902. The van der Waals surface area contributed by atoms with E-state index in [0.717, 1.165) is 11.1 Å². The molecule has 8 nitrogen and oxygen atoms in total. The molecule has 9 heteroatoms. The van der Waals surface area contributed by atoms with Crippen molar-refractivity contribution >= 4 is 29.0 Å². The quantitative estimate of drug-likeness (QED) is 0.615. The standard InChI is InChI=1S/C24H27FN6O2/c1-13(2)31-8-6-16(29-12-21(31)32)10-20(26)19-11-18(23(27)30-22(19)25)14-3-4-17-15(9-14)5-7-28-24(17)33/h3-4,9-11,13H,5-8,12,26H2,1-2H3,(H2,27,30)(H,28,33)/b20-10-. The van der Waals surface area contributed by atoms with Gasteiger partial charge in [-0.15, -0.1) is 0 Å². The fourth-order valence-corrected chi connectivity index (χ4v) is 4.15. The third-order valence-corrected chi connectivity index (χ3v) is 5.95. The molecule has 2 amide bonds. The summed E-state index contributed by atoms with van der Waals surface area (Å²) in [6, 6.07) is 7.03. The molecule has 0 bridgehead atoms. The first kappa shape index (κ1) is 22.4. The third kappa shape index (κ3) is 4.57. The number of aliphatic imine (C=N–C) groups is 1. The van der Waals surface area contributed by atoms with Gasteiger partial charge in [0.1, 0.15) is 12.4 Å². The van der Waals surface area contributed by atoms with Crippen LogP contribution in [0.5, 0.6) is 0 Å². The van der Waals surface area contributed by atoms with Gasteiger partial charge < -0.3 is 21.7 Å². The van der Waals surface area contributed by atoms with Crippen LogP contribution in [0.1, 0.15) is 41.8 Å². The Morgan fingerprint density at radius 1 is 1.21 bits per heavy atom. The predicted molar refractivity (Wildman–Crippen MR) is 126 cm³/mol. The van der Waals surface area contributed by atoms with Crippen LogP contribution >= 0.6 is 0 Å². The highest BCUT2D eigenvalue weighted by molar-refractivity contribution is 6.02. The number of carbonyl (C=O) groups excluding carboxylic acids is 2. The molecule has 2 aromatic rings. The smallest absolute Gasteiger partial charge is 0.251 e. The minimum Gasteiger partial charge on any atom is -0.398 e. The van der Waals surface area contributed by atoms with E-state index in [0.29, 0.717) is 42.8 Å². The molecule has 2 aliphatic rings. The maximum absolute atomic E-state index is 14.7. The van der Waals surface area contributed by atoms with E-state index in [1.807, 2.05) is 19.9 Å². The van der Waals surface area contributed by atoms with E-state index < -0.39 is 5.95 Å². The maximum atomic E-state index is 14.7. The molecule has 1 aromatic carbocycles. The first-order valence-electron chi connectivity index (χ1n) is 10.9. The highest BCUT2D eigenvalue weighted by Gasteiger charge is 2.21. The summed E-state index contributed by atoms with van der Waals surface area (Å²) in [4.78, 5) is 34.2. The van der Waals surface area contributed by atoms with E-state index in [1.165, 1.54) is 0 Å². The molecule has 4 rings (SSSR count). The Balaban J connectivity index is 1.66. The number of rotatable bonds is 4. The number of nitrogens with zero attached hydrogens (tertiary/aromatic N) is 3. The highest BCUT2D eigenvalue weighted by atomic mass is 19.1. The molecule has 1 aromatic heterocycles. The van der Waals surface area contributed by atoms with Crippen molar-refractivity contribution in [3.05, 3.63) is 53.0 Å². The Labute approximate surface area is 191 Å². The number of fused-ring (bicyclic) bond motifs is 1. The number of anilines is 1. The van der Waals surface area contributed by atoms with E-state index in [4.69, 9.17) is 11.5 Å². The van der Waals surface area contributed by atoms with Gasteiger partial charge in [0.25, 0.3) is 5.91 Å². The lowest BCUT2D eigenvalue weighted by Crippen LogP contribution is -2.38. The van der Waals surface area contributed by atoms with E-state index in [2.05, 4.69) is 15.3 Å². The molecule has 0 spiro atoms. The molecular formula is C24H27FN6O2. The summed E-state index contributed by atoms with van der Waals surface area (Å²) in [6.07, 6.45) is 2.81. The average molecular weight is 451 g/mol. The molecule has 0 aliphatic carbocycles.